The smallest absolute Gasteiger partial charge is 0.265 e. The standard InChI is InChI=1S/C26H22ClN3O2S/c27-22-12-10-20(11-13-22)5-4-16-29-17-18-30(25-8-2-1-7-24(25)29)33(31,32)26-9-3-6-21-19-28-15-14-23(21)26/h1-15,19H,16-18H2. The Bertz CT molecular complexity index is 1430. The van der Waals surface area contributed by atoms with E-state index in [4.69, 9.17) is 11.6 Å². The Hall–Kier alpha value is -3.35. The Morgan fingerprint density at radius 1 is 0.909 bits per heavy atom. The summed E-state index contributed by atoms with van der Waals surface area (Å²) in [5.41, 5.74) is 2.66. The number of para-hydroxylation sites is 2. The van der Waals surface area contributed by atoms with Crippen LogP contribution in [0.2, 0.25) is 5.02 Å². The number of nitrogens with zero attached hydrogens (tertiary/aromatic N) is 3. The minimum atomic E-state index is -3.74. The lowest BCUT2D eigenvalue weighted by Crippen LogP contribution is -2.44. The first-order valence-electron chi connectivity index (χ1n) is 10.7. The van der Waals surface area contributed by atoms with Gasteiger partial charge in [0.15, 0.2) is 0 Å². The second kappa shape index (κ2) is 8.89. The molecule has 166 valence electrons. The molecule has 0 unspecified atom stereocenters. The van der Waals surface area contributed by atoms with Crippen molar-refractivity contribution in [1.29, 1.82) is 0 Å². The van der Waals surface area contributed by atoms with Crippen molar-refractivity contribution in [2.75, 3.05) is 28.8 Å². The SMILES string of the molecule is O=S(=O)(c1cccc2cnccc12)N1CCN(CC=Cc2ccc(Cl)cc2)c2ccccc21. The van der Waals surface area contributed by atoms with Crippen molar-refractivity contribution in [2.45, 2.75) is 4.90 Å². The molecule has 0 radical (unpaired) electrons. The van der Waals surface area contributed by atoms with Gasteiger partial charge in [-0.05, 0) is 42.0 Å². The number of benzene rings is 3. The third-order valence-corrected chi connectivity index (χ3v) is 7.90. The van der Waals surface area contributed by atoms with Gasteiger partial charge in [-0.3, -0.25) is 9.29 Å². The van der Waals surface area contributed by atoms with Gasteiger partial charge >= 0.3 is 0 Å². The summed E-state index contributed by atoms with van der Waals surface area (Å²) < 4.78 is 29.0. The summed E-state index contributed by atoms with van der Waals surface area (Å²) in [7, 11) is -3.74. The molecule has 1 aromatic heterocycles. The first kappa shape index (κ1) is 21.5. The van der Waals surface area contributed by atoms with Crippen molar-refractivity contribution in [1.82, 2.24) is 4.98 Å². The van der Waals surface area contributed by atoms with Crippen molar-refractivity contribution in [3.8, 4) is 0 Å². The highest BCUT2D eigenvalue weighted by atomic mass is 35.5. The van der Waals surface area contributed by atoms with E-state index in [-0.39, 0.29) is 0 Å². The number of pyridine rings is 1. The van der Waals surface area contributed by atoms with E-state index in [0.29, 0.717) is 40.6 Å². The quantitative estimate of drug-likeness (QED) is 0.376. The van der Waals surface area contributed by atoms with Gasteiger partial charge in [-0.1, -0.05) is 60.2 Å². The largest absolute Gasteiger partial charge is 0.364 e. The third kappa shape index (κ3) is 4.19. The van der Waals surface area contributed by atoms with Gasteiger partial charge in [0.1, 0.15) is 0 Å². The third-order valence-electron chi connectivity index (χ3n) is 5.78. The van der Waals surface area contributed by atoms with Gasteiger partial charge < -0.3 is 4.90 Å². The molecule has 7 heteroatoms. The van der Waals surface area contributed by atoms with Gasteiger partial charge in [-0.2, -0.15) is 0 Å². The Labute approximate surface area is 198 Å². The lowest BCUT2D eigenvalue weighted by Gasteiger charge is -2.37. The number of anilines is 2. The maximum Gasteiger partial charge on any atom is 0.265 e. The van der Waals surface area contributed by atoms with E-state index in [1.807, 2.05) is 60.7 Å². The normalized spacial score (nSPS) is 14.1. The van der Waals surface area contributed by atoms with Crippen LogP contribution in [0.3, 0.4) is 0 Å². The van der Waals surface area contributed by atoms with Crippen LogP contribution in [0.15, 0.2) is 96.2 Å². The summed E-state index contributed by atoms with van der Waals surface area (Å²) in [5, 5.41) is 2.19. The molecule has 2 heterocycles. The van der Waals surface area contributed by atoms with Crippen molar-refractivity contribution < 1.29 is 8.42 Å². The molecule has 3 aromatic carbocycles. The fourth-order valence-electron chi connectivity index (χ4n) is 4.16. The molecule has 33 heavy (non-hydrogen) atoms. The summed E-state index contributed by atoms with van der Waals surface area (Å²) >= 11 is 5.96. The molecule has 5 nitrogen and oxygen atoms in total. The van der Waals surface area contributed by atoms with E-state index >= 15 is 0 Å². The van der Waals surface area contributed by atoms with Gasteiger partial charge in [0.2, 0.25) is 0 Å². The lowest BCUT2D eigenvalue weighted by molar-refractivity contribution is 0.589. The highest BCUT2D eigenvalue weighted by Crippen LogP contribution is 2.37. The first-order chi connectivity index (χ1) is 16.0. The zero-order valence-corrected chi connectivity index (χ0v) is 19.4. The van der Waals surface area contributed by atoms with Gasteiger partial charge in [0.05, 0.1) is 22.8 Å². The highest BCUT2D eigenvalue weighted by molar-refractivity contribution is 7.93. The van der Waals surface area contributed by atoms with Gasteiger partial charge in [-0.15, -0.1) is 0 Å². The molecule has 1 aliphatic heterocycles. The minimum absolute atomic E-state index is 0.299. The fraction of sp³-hybridized carbons (Fsp3) is 0.115. The van der Waals surface area contributed by atoms with Crippen LogP contribution in [0.5, 0.6) is 0 Å². The van der Waals surface area contributed by atoms with Crippen LogP contribution >= 0.6 is 11.6 Å². The van der Waals surface area contributed by atoms with Crippen LogP contribution in [0, 0.1) is 0 Å². The molecule has 0 saturated carbocycles. The van der Waals surface area contributed by atoms with Crippen LogP contribution < -0.4 is 9.21 Å². The molecule has 1 aliphatic rings. The minimum Gasteiger partial charge on any atom is -0.364 e. The first-order valence-corrected chi connectivity index (χ1v) is 12.5. The van der Waals surface area contributed by atoms with Crippen molar-refractivity contribution in [3.63, 3.8) is 0 Å². The summed E-state index contributed by atoms with van der Waals surface area (Å²) in [6.45, 7) is 1.64. The summed E-state index contributed by atoms with van der Waals surface area (Å²) in [6, 6.07) is 22.4. The zero-order valence-electron chi connectivity index (χ0n) is 17.8. The highest BCUT2D eigenvalue weighted by Gasteiger charge is 2.32. The van der Waals surface area contributed by atoms with Crippen LogP contribution in [0.25, 0.3) is 16.8 Å². The Morgan fingerprint density at radius 3 is 2.52 bits per heavy atom. The molecule has 0 N–H and O–H groups in total. The van der Waals surface area contributed by atoms with Crippen LogP contribution in [-0.2, 0) is 10.0 Å². The monoisotopic (exact) mass is 475 g/mol. The van der Waals surface area contributed by atoms with E-state index in [2.05, 4.69) is 16.0 Å². The molecule has 0 bridgehead atoms. The summed E-state index contributed by atoms with van der Waals surface area (Å²) in [6.07, 6.45) is 7.45. The predicted molar refractivity (Wildman–Crippen MR) is 135 cm³/mol. The molecule has 4 aromatic rings. The average molecular weight is 476 g/mol. The average Bonchev–Trinajstić information content (AvgIpc) is 2.85. The molecule has 0 fully saturated rings. The molecule has 0 amide bonds. The second-order valence-corrected chi connectivity index (χ2v) is 10.1. The maximum absolute atomic E-state index is 13.8. The summed E-state index contributed by atoms with van der Waals surface area (Å²) in [5.74, 6) is 0. The second-order valence-electron chi connectivity index (χ2n) is 7.82. The number of hydrogen-bond donors (Lipinski definition) is 0. The molecule has 0 spiro atoms. The molecular weight excluding hydrogens is 454 g/mol. The molecule has 0 atom stereocenters. The number of halogens is 1. The van der Waals surface area contributed by atoms with E-state index in [9.17, 15) is 8.42 Å². The molecular formula is C26H22ClN3O2S. The Kier molecular flexibility index (Phi) is 5.79. The van der Waals surface area contributed by atoms with Crippen LogP contribution in [0.4, 0.5) is 11.4 Å². The number of fused-ring (bicyclic) bond motifs is 2. The number of aromatic nitrogens is 1. The van der Waals surface area contributed by atoms with Gasteiger partial charge in [0, 0.05) is 41.3 Å². The van der Waals surface area contributed by atoms with Crippen molar-refractivity contribution in [3.05, 3.63) is 102 Å². The zero-order chi connectivity index (χ0) is 22.8. The van der Waals surface area contributed by atoms with E-state index in [1.54, 1.807) is 30.6 Å². The van der Waals surface area contributed by atoms with Crippen LogP contribution in [0.1, 0.15) is 5.56 Å². The molecule has 0 saturated heterocycles. The van der Waals surface area contributed by atoms with E-state index in [0.717, 1.165) is 16.6 Å². The fourth-order valence-corrected chi connectivity index (χ4v) is 5.97. The van der Waals surface area contributed by atoms with Gasteiger partial charge in [0.25, 0.3) is 10.0 Å². The van der Waals surface area contributed by atoms with E-state index in [1.165, 1.54) is 4.31 Å². The summed E-state index contributed by atoms with van der Waals surface area (Å²) in [4.78, 5) is 6.62. The predicted octanol–water partition coefficient (Wildman–Crippen LogP) is 5.62. The number of hydrogen-bond acceptors (Lipinski definition) is 4. The van der Waals surface area contributed by atoms with Crippen LogP contribution in [-0.4, -0.2) is 33.0 Å². The molecule has 5 rings (SSSR count). The van der Waals surface area contributed by atoms with E-state index < -0.39 is 10.0 Å². The van der Waals surface area contributed by atoms with Gasteiger partial charge in [-0.25, -0.2) is 8.42 Å². The number of rotatable bonds is 5. The number of sulfonamides is 1. The Morgan fingerprint density at radius 2 is 1.70 bits per heavy atom. The molecule has 0 aliphatic carbocycles. The Balaban J connectivity index is 1.45. The lowest BCUT2D eigenvalue weighted by atomic mass is 10.2. The van der Waals surface area contributed by atoms with Crippen molar-refractivity contribution in [2.24, 2.45) is 0 Å². The van der Waals surface area contributed by atoms with Crippen molar-refractivity contribution >= 4 is 49.8 Å². The topological polar surface area (TPSA) is 53.5 Å². The maximum atomic E-state index is 13.8.